The van der Waals surface area contributed by atoms with Crippen molar-refractivity contribution >= 4 is 29.4 Å². The molecule has 3 aliphatic carbocycles. The quantitative estimate of drug-likeness (QED) is 0.226. The molecule has 4 atom stereocenters. The number of esters is 1. The number of aliphatic hydroxyl groups is 1. The third-order valence-corrected chi connectivity index (χ3v) is 9.43. The van der Waals surface area contributed by atoms with Gasteiger partial charge >= 0.3 is 5.97 Å². The van der Waals surface area contributed by atoms with E-state index < -0.39 is 53.2 Å². The van der Waals surface area contributed by atoms with Crippen molar-refractivity contribution in [1.82, 2.24) is 10.6 Å². The first-order valence-corrected chi connectivity index (χ1v) is 16.7. The van der Waals surface area contributed by atoms with Gasteiger partial charge in [0.1, 0.15) is 11.6 Å². The van der Waals surface area contributed by atoms with Crippen LogP contribution in [0.15, 0.2) is 71.5 Å². The van der Waals surface area contributed by atoms with Crippen molar-refractivity contribution in [3.05, 3.63) is 71.5 Å². The highest BCUT2D eigenvalue weighted by atomic mass is 16.5. The number of nitrogens with one attached hydrogen (secondary N) is 2. The summed E-state index contributed by atoms with van der Waals surface area (Å²) in [6.45, 7) is 3.59. The van der Waals surface area contributed by atoms with Gasteiger partial charge in [-0.15, -0.1) is 0 Å². The summed E-state index contributed by atoms with van der Waals surface area (Å²) in [7, 11) is 1.47. The maximum Gasteiger partial charge on any atom is 0.332 e. The SMILES string of the molecule is CO[C@H]1/C=C/C=C/C=C/C[C@H](OC(=O)C2(NC(=O)C3CCCCC3)CC2)[C@H](C)[C@@H](O)/C(C)=C\CCC2=CC(=O)C=C(NC(=O)C1)C2=O. The summed E-state index contributed by atoms with van der Waals surface area (Å²) in [4.78, 5) is 64.6. The molecule has 4 rings (SSSR count). The molecule has 2 amide bonds. The molecule has 47 heavy (non-hydrogen) atoms. The number of hydrogen-bond acceptors (Lipinski definition) is 8. The van der Waals surface area contributed by atoms with Crippen molar-refractivity contribution < 1.29 is 38.6 Å². The number of allylic oxidation sites excluding steroid dienone is 8. The monoisotopic (exact) mass is 648 g/mol. The van der Waals surface area contributed by atoms with Crippen LogP contribution in [-0.4, -0.2) is 65.4 Å². The first-order valence-electron chi connectivity index (χ1n) is 16.7. The second kappa shape index (κ2) is 16.8. The molecule has 2 bridgehead atoms. The molecule has 0 saturated heterocycles. The van der Waals surface area contributed by atoms with Crippen molar-refractivity contribution in [2.45, 2.75) is 108 Å². The fourth-order valence-electron chi connectivity index (χ4n) is 6.18. The highest BCUT2D eigenvalue weighted by Crippen LogP contribution is 2.39. The van der Waals surface area contributed by atoms with E-state index in [9.17, 15) is 29.1 Å². The molecule has 0 radical (unpaired) electrons. The van der Waals surface area contributed by atoms with E-state index in [2.05, 4.69) is 10.6 Å². The van der Waals surface area contributed by atoms with Gasteiger partial charge in [0.15, 0.2) is 5.78 Å². The van der Waals surface area contributed by atoms with Crippen LogP contribution in [0.25, 0.3) is 0 Å². The Morgan fingerprint density at radius 2 is 1.74 bits per heavy atom. The number of ether oxygens (including phenoxy) is 2. The second-order valence-corrected chi connectivity index (χ2v) is 13.1. The van der Waals surface area contributed by atoms with Crippen molar-refractivity contribution in [2.75, 3.05) is 7.11 Å². The Hall–Kier alpha value is -3.89. The summed E-state index contributed by atoms with van der Waals surface area (Å²) in [6, 6.07) is 0. The van der Waals surface area contributed by atoms with Gasteiger partial charge in [0.05, 0.1) is 24.3 Å². The van der Waals surface area contributed by atoms with Gasteiger partial charge in [-0.05, 0) is 57.1 Å². The third-order valence-electron chi connectivity index (χ3n) is 9.43. The molecule has 0 unspecified atom stereocenters. The standard InChI is InChI=1S/C37H48N2O8/c1-24-13-12-16-27-21-28(40)22-30(34(27)43)38-32(41)23-29(46-3)17-10-5-4-6-11-18-31(25(2)33(24)42)47-36(45)37(19-20-37)39-35(44)26-14-8-7-9-15-26/h4-6,10-11,13,17,21-22,25-26,29,31,33,42H,7-9,12,14-16,18-20,23H2,1-3H3,(H,38,41)(H,39,44)/b5-4+,11-6+,17-10+,24-13-/t25-,29-,31-,33-/m0/s1. The number of ketones is 2. The first kappa shape index (κ1) is 36.0. The Morgan fingerprint density at radius 1 is 1.02 bits per heavy atom. The van der Waals surface area contributed by atoms with Crippen LogP contribution >= 0.6 is 0 Å². The highest BCUT2D eigenvalue weighted by molar-refractivity contribution is 6.21. The number of Topliss-reactive ketones (excluding diaryl/α,β-unsaturated/α-hetero) is 1. The second-order valence-electron chi connectivity index (χ2n) is 13.1. The smallest absolute Gasteiger partial charge is 0.332 e. The van der Waals surface area contributed by atoms with Gasteiger partial charge in [0, 0.05) is 37.0 Å². The molecule has 3 N–H and O–H groups in total. The van der Waals surface area contributed by atoms with Crippen molar-refractivity contribution in [2.24, 2.45) is 11.8 Å². The van der Waals surface area contributed by atoms with Gasteiger partial charge in [-0.2, -0.15) is 0 Å². The first-order chi connectivity index (χ1) is 22.5. The van der Waals surface area contributed by atoms with Crippen LogP contribution in [0.1, 0.15) is 84.5 Å². The summed E-state index contributed by atoms with van der Waals surface area (Å²) in [5.41, 5.74) is -0.190. The van der Waals surface area contributed by atoms with Gasteiger partial charge in [-0.25, -0.2) is 4.79 Å². The maximum atomic E-state index is 13.5. The zero-order valence-corrected chi connectivity index (χ0v) is 27.7. The predicted octanol–water partition coefficient (Wildman–Crippen LogP) is 4.41. The van der Waals surface area contributed by atoms with Crippen LogP contribution in [0, 0.1) is 11.8 Å². The molecule has 1 heterocycles. The number of rotatable bonds is 5. The summed E-state index contributed by atoms with van der Waals surface area (Å²) in [5.74, 6) is -2.41. The average molecular weight is 649 g/mol. The number of carbonyl (C=O) groups excluding carboxylic acids is 5. The zero-order chi connectivity index (χ0) is 34.0. The van der Waals surface area contributed by atoms with Crippen molar-refractivity contribution in [3.8, 4) is 0 Å². The van der Waals surface area contributed by atoms with E-state index in [0.717, 1.165) is 38.2 Å². The van der Waals surface area contributed by atoms with E-state index in [1.54, 1.807) is 37.3 Å². The molecular formula is C37H48N2O8. The number of carbonyl (C=O) groups is 5. The fraction of sp³-hybridized carbons (Fsp3) is 0.541. The summed E-state index contributed by atoms with van der Waals surface area (Å²) >= 11 is 0. The van der Waals surface area contributed by atoms with Crippen LogP contribution < -0.4 is 10.6 Å². The van der Waals surface area contributed by atoms with Crippen molar-refractivity contribution in [3.63, 3.8) is 0 Å². The van der Waals surface area contributed by atoms with E-state index in [4.69, 9.17) is 9.47 Å². The lowest BCUT2D eigenvalue weighted by atomic mass is 9.88. The Labute approximate surface area is 277 Å². The molecule has 10 heteroatoms. The Balaban J connectivity index is 1.52. The van der Waals surface area contributed by atoms with Crippen LogP contribution in [0.2, 0.25) is 0 Å². The predicted molar refractivity (Wildman–Crippen MR) is 176 cm³/mol. The van der Waals surface area contributed by atoms with Gasteiger partial charge in [-0.1, -0.05) is 68.7 Å². The normalized spacial score (nSPS) is 31.0. The minimum absolute atomic E-state index is 0.0537. The van der Waals surface area contributed by atoms with Gasteiger partial charge in [-0.3, -0.25) is 19.2 Å². The van der Waals surface area contributed by atoms with Crippen LogP contribution in [0.3, 0.4) is 0 Å². The molecule has 10 nitrogen and oxygen atoms in total. The number of hydrogen-bond donors (Lipinski definition) is 3. The van der Waals surface area contributed by atoms with Crippen LogP contribution in [0.5, 0.6) is 0 Å². The maximum absolute atomic E-state index is 13.5. The lowest BCUT2D eigenvalue weighted by Crippen LogP contribution is -2.48. The van der Waals surface area contributed by atoms with E-state index in [-0.39, 0.29) is 35.9 Å². The van der Waals surface area contributed by atoms with Crippen LogP contribution in [0.4, 0.5) is 0 Å². The molecule has 2 saturated carbocycles. The van der Waals surface area contributed by atoms with E-state index in [1.807, 2.05) is 19.1 Å². The number of amides is 2. The number of aliphatic hydroxyl groups excluding tert-OH is 1. The van der Waals surface area contributed by atoms with Gasteiger partial charge in [0.25, 0.3) is 0 Å². The molecular weight excluding hydrogens is 600 g/mol. The van der Waals surface area contributed by atoms with Crippen LogP contribution in [-0.2, 0) is 33.4 Å². The minimum atomic E-state index is -1.01. The lowest BCUT2D eigenvalue weighted by molar-refractivity contribution is -0.158. The van der Waals surface area contributed by atoms with Crippen molar-refractivity contribution in [1.29, 1.82) is 0 Å². The lowest BCUT2D eigenvalue weighted by Gasteiger charge is -2.30. The minimum Gasteiger partial charge on any atom is -0.460 e. The topological polar surface area (TPSA) is 148 Å². The Kier molecular flexibility index (Phi) is 12.8. The highest BCUT2D eigenvalue weighted by Gasteiger charge is 2.54. The summed E-state index contributed by atoms with van der Waals surface area (Å²) < 4.78 is 11.4. The van der Waals surface area contributed by atoms with Gasteiger partial charge < -0.3 is 25.2 Å². The molecule has 2 fully saturated rings. The third kappa shape index (κ3) is 10.0. The molecule has 0 aromatic heterocycles. The average Bonchev–Trinajstić information content (AvgIpc) is 3.84. The largest absolute Gasteiger partial charge is 0.460 e. The fourth-order valence-corrected chi connectivity index (χ4v) is 6.18. The molecule has 0 aromatic rings. The Bertz CT molecular complexity index is 1390. The van der Waals surface area contributed by atoms with E-state index in [1.165, 1.54) is 13.2 Å². The van der Waals surface area contributed by atoms with E-state index >= 15 is 0 Å². The number of methoxy groups -OCH3 is 1. The molecule has 4 aliphatic rings. The molecule has 0 aromatic carbocycles. The van der Waals surface area contributed by atoms with Gasteiger partial charge in [0.2, 0.25) is 17.6 Å². The molecule has 1 aliphatic heterocycles. The zero-order valence-electron chi connectivity index (χ0n) is 27.7. The number of fused-ring (bicyclic) bond motifs is 2. The summed E-state index contributed by atoms with van der Waals surface area (Å²) in [5, 5.41) is 16.9. The molecule has 254 valence electrons. The molecule has 0 spiro atoms. The Morgan fingerprint density at radius 3 is 2.45 bits per heavy atom. The summed E-state index contributed by atoms with van der Waals surface area (Å²) in [6.07, 6.45) is 19.4. The van der Waals surface area contributed by atoms with E-state index in [0.29, 0.717) is 31.3 Å².